The van der Waals surface area contributed by atoms with Crippen LogP contribution in [0.25, 0.3) is 0 Å². The summed E-state index contributed by atoms with van der Waals surface area (Å²) >= 11 is 11.8. The molecule has 0 aliphatic heterocycles. The van der Waals surface area contributed by atoms with Crippen molar-refractivity contribution >= 4 is 40.8 Å². The van der Waals surface area contributed by atoms with Crippen LogP contribution >= 0.6 is 23.2 Å². The lowest BCUT2D eigenvalue weighted by Gasteiger charge is -2.09. The Labute approximate surface area is 178 Å². The Morgan fingerprint density at radius 2 is 1.55 bits per heavy atom. The second-order valence-electron chi connectivity index (χ2n) is 6.16. The van der Waals surface area contributed by atoms with Crippen LogP contribution in [0.15, 0.2) is 66.7 Å². The summed E-state index contributed by atoms with van der Waals surface area (Å²) in [6.45, 7) is 1.60. The van der Waals surface area contributed by atoms with E-state index >= 15 is 0 Å². The standard InChI is InChI=1S/C22H17Cl2NO4/c1-14-12-19(10-11-20(14)24)28-13-21(26)29-18-8-2-15(3-9-18)22(27)25-17-6-4-16(23)5-7-17/h2-12H,13H2,1H3,(H,25,27). The minimum absolute atomic E-state index is 0.250. The van der Waals surface area contributed by atoms with Crippen molar-refractivity contribution in [1.29, 1.82) is 0 Å². The van der Waals surface area contributed by atoms with Gasteiger partial charge in [-0.15, -0.1) is 0 Å². The smallest absolute Gasteiger partial charge is 0.349 e. The molecule has 0 bridgehead atoms. The zero-order valence-electron chi connectivity index (χ0n) is 15.4. The average molecular weight is 430 g/mol. The van der Waals surface area contributed by atoms with Crippen molar-refractivity contribution in [3.05, 3.63) is 87.9 Å². The Kier molecular flexibility index (Phi) is 6.75. The number of carbonyl (C=O) groups is 2. The van der Waals surface area contributed by atoms with Gasteiger partial charge in [0.05, 0.1) is 0 Å². The highest BCUT2D eigenvalue weighted by Crippen LogP contribution is 2.21. The number of ether oxygens (including phenoxy) is 2. The van der Waals surface area contributed by atoms with Crippen LogP contribution in [0.3, 0.4) is 0 Å². The molecule has 3 aromatic carbocycles. The summed E-state index contributed by atoms with van der Waals surface area (Å²) in [4.78, 5) is 24.2. The van der Waals surface area contributed by atoms with E-state index < -0.39 is 5.97 Å². The predicted molar refractivity (Wildman–Crippen MR) is 113 cm³/mol. The Bertz CT molecular complexity index is 1020. The summed E-state index contributed by atoms with van der Waals surface area (Å²) in [7, 11) is 0. The molecule has 0 saturated carbocycles. The van der Waals surface area contributed by atoms with Crippen molar-refractivity contribution in [2.24, 2.45) is 0 Å². The first-order valence-electron chi connectivity index (χ1n) is 8.67. The molecule has 0 aliphatic rings. The fourth-order valence-corrected chi connectivity index (χ4v) is 2.66. The van der Waals surface area contributed by atoms with Gasteiger partial charge in [0.25, 0.3) is 5.91 Å². The van der Waals surface area contributed by atoms with Gasteiger partial charge in [-0.25, -0.2) is 4.79 Å². The molecule has 0 radical (unpaired) electrons. The van der Waals surface area contributed by atoms with Gasteiger partial charge in [0.15, 0.2) is 6.61 Å². The molecular formula is C22H17Cl2NO4. The third-order valence-electron chi connectivity index (χ3n) is 3.94. The Morgan fingerprint density at radius 3 is 2.21 bits per heavy atom. The van der Waals surface area contributed by atoms with Gasteiger partial charge >= 0.3 is 5.97 Å². The van der Waals surface area contributed by atoms with Gasteiger partial charge < -0.3 is 14.8 Å². The molecule has 1 amide bonds. The van der Waals surface area contributed by atoms with Crippen LogP contribution in [0.5, 0.6) is 11.5 Å². The first-order chi connectivity index (χ1) is 13.9. The van der Waals surface area contributed by atoms with Crippen molar-refractivity contribution in [3.8, 4) is 11.5 Å². The number of aryl methyl sites for hydroxylation is 1. The number of esters is 1. The number of halogens is 2. The number of carbonyl (C=O) groups excluding carboxylic acids is 2. The zero-order chi connectivity index (χ0) is 20.8. The molecule has 1 N–H and O–H groups in total. The molecule has 0 aromatic heterocycles. The highest BCUT2D eigenvalue weighted by Gasteiger charge is 2.10. The summed E-state index contributed by atoms with van der Waals surface area (Å²) in [6.07, 6.45) is 0. The lowest BCUT2D eigenvalue weighted by Crippen LogP contribution is -2.18. The van der Waals surface area contributed by atoms with Crippen molar-refractivity contribution in [1.82, 2.24) is 0 Å². The maximum absolute atomic E-state index is 12.3. The van der Waals surface area contributed by atoms with Crippen LogP contribution in [0.2, 0.25) is 10.0 Å². The van der Waals surface area contributed by atoms with E-state index in [1.807, 2.05) is 6.92 Å². The minimum atomic E-state index is -0.559. The number of nitrogens with one attached hydrogen (secondary N) is 1. The van der Waals surface area contributed by atoms with Gasteiger partial charge in [0.1, 0.15) is 11.5 Å². The molecule has 0 saturated heterocycles. The number of rotatable bonds is 6. The Morgan fingerprint density at radius 1 is 0.897 bits per heavy atom. The molecule has 3 aromatic rings. The molecule has 148 valence electrons. The van der Waals surface area contributed by atoms with Gasteiger partial charge in [-0.05, 0) is 79.2 Å². The SMILES string of the molecule is Cc1cc(OCC(=O)Oc2ccc(C(=O)Nc3ccc(Cl)cc3)cc2)ccc1Cl. The van der Waals surface area contributed by atoms with E-state index in [9.17, 15) is 9.59 Å². The lowest BCUT2D eigenvalue weighted by atomic mass is 10.2. The molecule has 5 nitrogen and oxygen atoms in total. The molecular weight excluding hydrogens is 413 g/mol. The first-order valence-corrected chi connectivity index (χ1v) is 9.43. The number of amides is 1. The Hall–Kier alpha value is -3.02. The monoisotopic (exact) mass is 429 g/mol. The van der Waals surface area contributed by atoms with Gasteiger partial charge in [-0.3, -0.25) is 4.79 Å². The van der Waals surface area contributed by atoms with Crippen LogP contribution in [-0.2, 0) is 4.79 Å². The van der Waals surface area contributed by atoms with Crippen molar-refractivity contribution in [2.45, 2.75) is 6.92 Å². The molecule has 29 heavy (non-hydrogen) atoms. The van der Waals surface area contributed by atoms with Gasteiger partial charge in [-0.1, -0.05) is 23.2 Å². The fourth-order valence-electron chi connectivity index (χ4n) is 2.42. The third kappa shape index (κ3) is 5.98. The molecule has 0 spiro atoms. The normalized spacial score (nSPS) is 10.3. The van der Waals surface area contributed by atoms with Gasteiger partial charge in [0.2, 0.25) is 0 Å². The largest absolute Gasteiger partial charge is 0.482 e. The van der Waals surface area contributed by atoms with E-state index in [0.717, 1.165) is 5.56 Å². The maximum atomic E-state index is 12.3. The quantitative estimate of drug-likeness (QED) is 0.412. The topological polar surface area (TPSA) is 64.6 Å². The summed E-state index contributed by atoms with van der Waals surface area (Å²) < 4.78 is 10.6. The van der Waals surface area contributed by atoms with E-state index in [-0.39, 0.29) is 12.5 Å². The van der Waals surface area contributed by atoms with Gasteiger partial charge in [0, 0.05) is 21.3 Å². The summed E-state index contributed by atoms with van der Waals surface area (Å²) in [5.41, 5.74) is 1.90. The summed E-state index contributed by atoms with van der Waals surface area (Å²) in [5.74, 6) is -0.00499. The van der Waals surface area contributed by atoms with Crippen LogP contribution in [0.4, 0.5) is 5.69 Å². The number of benzene rings is 3. The van der Waals surface area contributed by atoms with Crippen LogP contribution in [0, 0.1) is 6.92 Å². The molecule has 0 fully saturated rings. The van der Waals surface area contributed by atoms with Crippen LogP contribution < -0.4 is 14.8 Å². The van der Waals surface area contributed by atoms with Crippen LogP contribution in [0.1, 0.15) is 15.9 Å². The van der Waals surface area contributed by atoms with Crippen molar-refractivity contribution in [3.63, 3.8) is 0 Å². The van der Waals surface area contributed by atoms with Gasteiger partial charge in [-0.2, -0.15) is 0 Å². The fraction of sp³-hybridized carbons (Fsp3) is 0.0909. The highest BCUT2D eigenvalue weighted by atomic mass is 35.5. The molecule has 0 unspecified atom stereocenters. The van der Waals surface area contributed by atoms with E-state index in [0.29, 0.717) is 32.8 Å². The molecule has 0 aliphatic carbocycles. The number of anilines is 1. The average Bonchev–Trinajstić information content (AvgIpc) is 2.71. The third-order valence-corrected chi connectivity index (χ3v) is 4.61. The van der Waals surface area contributed by atoms with Crippen LogP contribution in [-0.4, -0.2) is 18.5 Å². The second-order valence-corrected chi connectivity index (χ2v) is 7.00. The van der Waals surface area contributed by atoms with Crippen molar-refractivity contribution in [2.75, 3.05) is 11.9 Å². The van der Waals surface area contributed by atoms with E-state index in [4.69, 9.17) is 32.7 Å². The zero-order valence-corrected chi connectivity index (χ0v) is 17.0. The molecule has 0 heterocycles. The van der Waals surface area contributed by atoms with E-state index in [1.165, 1.54) is 0 Å². The minimum Gasteiger partial charge on any atom is -0.482 e. The molecule has 3 rings (SSSR count). The van der Waals surface area contributed by atoms with E-state index in [2.05, 4.69) is 5.32 Å². The lowest BCUT2D eigenvalue weighted by molar-refractivity contribution is -0.136. The Balaban J connectivity index is 1.52. The second kappa shape index (κ2) is 9.45. The predicted octanol–water partition coefficient (Wildman–Crippen LogP) is 5.54. The summed E-state index contributed by atoms with van der Waals surface area (Å²) in [5, 5.41) is 3.97. The van der Waals surface area contributed by atoms with Crippen molar-refractivity contribution < 1.29 is 19.1 Å². The number of hydrogen-bond donors (Lipinski definition) is 1. The number of hydrogen-bond acceptors (Lipinski definition) is 4. The summed E-state index contributed by atoms with van der Waals surface area (Å²) in [6, 6.07) is 18.1. The molecule has 0 atom stereocenters. The molecule has 7 heteroatoms. The van der Waals surface area contributed by atoms with E-state index in [1.54, 1.807) is 66.7 Å². The first kappa shape index (κ1) is 20.7. The highest BCUT2D eigenvalue weighted by molar-refractivity contribution is 6.31. The maximum Gasteiger partial charge on any atom is 0.349 e.